The molecule has 0 bridgehead atoms. The van der Waals surface area contributed by atoms with E-state index in [1.165, 1.54) is 28.4 Å². The number of rotatable bonds is 9. The van der Waals surface area contributed by atoms with Gasteiger partial charge in [0.25, 0.3) is 5.91 Å². The van der Waals surface area contributed by atoms with E-state index in [2.05, 4.69) is 5.32 Å². The third-order valence-corrected chi connectivity index (χ3v) is 4.15. The first-order valence-electron chi connectivity index (χ1n) is 8.40. The standard InChI is InChI=1S/C20H23NO7/c1-25-13-6-7-14(17(10-13)27-3)20(24)21-15(11-19(22)23)12-5-8-16(26-2)18(9-12)28-4/h5-10,15H,11H2,1-4H3,(H,21,24)(H,22,23)/t15-/m1/s1. The van der Waals surface area contributed by atoms with E-state index in [4.69, 9.17) is 18.9 Å². The van der Waals surface area contributed by atoms with E-state index < -0.39 is 17.9 Å². The van der Waals surface area contributed by atoms with E-state index in [0.29, 0.717) is 28.6 Å². The van der Waals surface area contributed by atoms with Gasteiger partial charge >= 0.3 is 5.97 Å². The predicted octanol–water partition coefficient (Wildman–Crippen LogP) is 2.67. The Kier molecular flexibility index (Phi) is 7.08. The Bertz CT molecular complexity index is 850. The summed E-state index contributed by atoms with van der Waals surface area (Å²) in [6.07, 6.45) is -0.306. The Labute approximate surface area is 163 Å². The van der Waals surface area contributed by atoms with Gasteiger partial charge in [-0.2, -0.15) is 0 Å². The fourth-order valence-corrected chi connectivity index (χ4v) is 2.72. The number of ether oxygens (including phenoxy) is 4. The van der Waals surface area contributed by atoms with E-state index in [9.17, 15) is 14.7 Å². The van der Waals surface area contributed by atoms with Crippen molar-refractivity contribution in [2.75, 3.05) is 28.4 Å². The number of methoxy groups -OCH3 is 4. The van der Waals surface area contributed by atoms with Crippen molar-refractivity contribution >= 4 is 11.9 Å². The molecule has 0 aliphatic carbocycles. The lowest BCUT2D eigenvalue weighted by Crippen LogP contribution is -2.30. The highest BCUT2D eigenvalue weighted by Crippen LogP contribution is 2.31. The van der Waals surface area contributed by atoms with Gasteiger partial charge in [-0.15, -0.1) is 0 Å². The van der Waals surface area contributed by atoms with E-state index in [1.54, 1.807) is 36.4 Å². The number of carboxylic acids is 1. The van der Waals surface area contributed by atoms with Gasteiger partial charge in [0.1, 0.15) is 11.5 Å². The summed E-state index contributed by atoms with van der Waals surface area (Å²) in [6.45, 7) is 0. The van der Waals surface area contributed by atoms with E-state index in [-0.39, 0.29) is 12.0 Å². The van der Waals surface area contributed by atoms with E-state index in [0.717, 1.165) is 0 Å². The first-order valence-corrected chi connectivity index (χ1v) is 8.40. The highest BCUT2D eigenvalue weighted by molar-refractivity contribution is 5.97. The average Bonchev–Trinajstić information content (AvgIpc) is 2.71. The Hall–Kier alpha value is -3.42. The van der Waals surface area contributed by atoms with Crippen molar-refractivity contribution in [3.63, 3.8) is 0 Å². The van der Waals surface area contributed by atoms with Crippen molar-refractivity contribution in [2.45, 2.75) is 12.5 Å². The molecule has 0 aromatic heterocycles. The Balaban J connectivity index is 2.35. The van der Waals surface area contributed by atoms with Crippen LogP contribution in [-0.4, -0.2) is 45.4 Å². The molecule has 0 aliphatic rings. The zero-order valence-electron chi connectivity index (χ0n) is 16.1. The Morgan fingerprint density at radius 1 is 0.893 bits per heavy atom. The molecule has 2 aromatic rings. The summed E-state index contributed by atoms with van der Waals surface area (Å²) >= 11 is 0. The SMILES string of the molecule is COc1ccc(C(=O)N[C@H](CC(=O)O)c2ccc(OC)c(OC)c2)c(OC)c1. The molecule has 8 heteroatoms. The summed E-state index contributed by atoms with van der Waals surface area (Å²) in [7, 11) is 5.93. The molecule has 150 valence electrons. The lowest BCUT2D eigenvalue weighted by Gasteiger charge is -2.20. The summed E-state index contributed by atoms with van der Waals surface area (Å²) in [4.78, 5) is 24.1. The number of benzene rings is 2. The molecule has 2 aromatic carbocycles. The third-order valence-electron chi connectivity index (χ3n) is 4.15. The van der Waals surface area contributed by atoms with Gasteiger partial charge in [-0.05, 0) is 29.8 Å². The number of aliphatic carboxylic acids is 1. The minimum absolute atomic E-state index is 0.263. The van der Waals surface area contributed by atoms with Crippen LogP contribution in [0, 0.1) is 0 Å². The molecular weight excluding hydrogens is 366 g/mol. The van der Waals surface area contributed by atoms with Crippen LogP contribution in [0.3, 0.4) is 0 Å². The van der Waals surface area contributed by atoms with Gasteiger partial charge in [0.15, 0.2) is 11.5 Å². The zero-order valence-corrected chi connectivity index (χ0v) is 16.1. The maximum absolute atomic E-state index is 12.8. The van der Waals surface area contributed by atoms with Crippen LogP contribution in [-0.2, 0) is 4.79 Å². The maximum atomic E-state index is 12.8. The zero-order chi connectivity index (χ0) is 20.7. The van der Waals surface area contributed by atoms with Crippen LogP contribution in [0.15, 0.2) is 36.4 Å². The molecule has 0 spiro atoms. The van der Waals surface area contributed by atoms with Crippen molar-refractivity contribution in [3.05, 3.63) is 47.5 Å². The number of carbonyl (C=O) groups excluding carboxylic acids is 1. The maximum Gasteiger partial charge on any atom is 0.305 e. The van der Waals surface area contributed by atoms with Crippen molar-refractivity contribution < 1.29 is 33.6 Å². The van der Waals surface area contributed by atoms with Crippen LogP contribution in [0.1, 0.15) is 28.4 Å². The minimum Gasteiger partial charge on any atom is -0.497 e. The number of carbonyl (C=O) groups is 2. The number of nitrogens with one attached hydrogen (secondary N) is 1. The van der Waals surface area contributed by atoms with Gasteiger partial charge in [-0.25, -0.2) is 0 Å². The van der Waals surface area contributed by atoms with Crippen molar-refractivity contribution in [1.82, 2.24) is 5.32 Å². The second kappa shape index (κ2) is 9.50. The molecule has 1 amide bonds. The molecule has 0 heterocycles. The molecule has 1 atom stereocenters. The molecule has 2 N–H and O–H groups in total. The number of amides is 1. The molecule has 0 radical (unpaired) electrons. The van der Waals surface area contributed by atoms with Gasteiger partial charge in [0.2, 0.25) is 0 Å². The second-order valence-corrected chi connectivity index (χ2v) is 5.80. The molecule has 2 rings (SSSR count). The largest absolute Gasteiger partial charge is 0.497 e. The normalized spacial score (nSPS) is 11.3. The summed E-state index contributed by atoms with van der Waals surface area (Å²) in [5, 5.41) is 12.0. The molecule has 0 unspecified atom stereocenters. The van der Waals surface area contributed by atoms with Gasteiger partial charge in [0, 0.05) is 6.07 Å². The van der Waals surface area contributed by atoms with Crippen LogP contribution >= 0.6 is 0 Å². The van der Waals surface area contributed by atoms with Crippen LogP contribution in [0.2, 0.25) is 0 Å². The van der Waals surface area contributed by atoms with Gasteiger partial charge in [-0.1, -0.05) is 6.07 Å². The molecule has 0 saturated heterocycles. The first kappa shape index (κ1) is 20.9. The fourth-order valence-electron chi connectivity index (χ4n) is 2.72. The summed E-state index contributed by atoms with van der Waals surface area (Å²) in [6, 6.07) is 8.95. The molecule has 8 nitrogen and oxygen atoms in total. The highest BCUT2D eigenvalue weighted by Gasteiger charge is 2.22. The quantitative estimate of drug-likeness (QED) is 0.679. The summed E-state index contributed by atoms with van der Waals surface area (Å²) in [5.41, 5.74) is 0.833. The van der Waals surface area contributed by atoms with E-state index in [1.807, 2.05) is 0 Å². The monoisotopic (exact) mass is 389 g/mol. The summed E-state index contributed by atoms with van der Waals surface area (Å²) in [5.74, 6) is 0.270. The summed E-state index contributed by atoms with van der Waals surface area (Å²) < 4.78 is 20.8. The first-order chi connectivity index (χ1) is 13.4. The average molecular weight is 389 g/mol. The number of hydrogen-bond donors (Lipinski definition) is 2. The lowest BCUT2D eigenvalue weighted by molar-refractivity contribution is -0.137. The van der Waals surface area contributed by atoms with Crippen LogP contribution in [0.5, 0.6) is 23.0 Å². The van der Waals surface area contributed by atoms with Crippen molar-refractivity contribution in [1.29, 1.82) is 0 Å². The van der Waals surface area contributed by atoms with Crippen LogP contribution < -0.4 is 24.3 Å². The van der Waals surface area contributed by atoms with Gasteiger partial charge in [-0.3, -0.25) is 9.59 Å². The molecule has 0 fully saturated rings. The highest BCUT2D eigenvalue weighted by atomic mass is 16.5. The number of carboxylic acid groups (broad SMARTS) is 1. The van der Waals surface area contributed by atoms with Crippen LogP contribution in [0.25, 0.3) is 0 Å². The van der Waals surface area contributed by atoms with Gasteiger partial charge < -0.3 is 29.4 Å². The lowest BCUT2D eigenvalue weighted by atomic mass is 10.0. The third kappa shape index (κ3) is 4.85. The predicted molar refractivity (Wildman–Crippen MR) is 102 cm³/mol. The second-order valence-electron chi connectivity index (χ2n) is 5.80. The molecule has 0 saturated carbocycles. The molecule has 28 heavy (non-hydrogen) atoms. The molecule has 0 aliphatic heterocycles. The minimum atomic E-state index is -1.05. The van der Waals surface area contributed by atoms with Crippen LogP contribution in [0.4, 0.5) is 0 Å². The topological polar surface area (TPSA) is 103 Å². The smallest absolute Gasteiger partial charge is 0.305 e. The van der Waals surface area contributed by atoms with Gasteiger partial charge in [0.05, 0.1) is 46.5 Å². The number of hydrogen-bond acceptors (Lipinski definition) is 6. The fraction of sp³-hybridized carbons (Fsp3) is 0.300. The van der Waals surface area contributed by atoms with Crippen molar-refractivity contribution in [3.8, 4) is 23.0 Å². The van der Waals surface area contributed by atoms with Crippen molar-refractivity contribution in [2.24, 2.45) is 0 Å². The Morgan fingerprint density at radius 3 is 2.14 bits per heavy atom. The Morgan fingerprint density at radius 2 is 1.57 bits per heavy atom. The van der Waals surface area contributed by atoms with E-state index >= 15 is 0 Å². The molecular formula is C20H23NO7.